The Bertz CT molecular complexity index is 1400. The van der Waals surface area contributed by atoms with Crippen LogP contribution in [0.3, 0.4) is 0 Å². The van der Waals surface area contributed by atoms with Gasteiger partial charge in [-0.05, 0) is 67.5 Å². The zero-order valence-electron chi connectivity index (χ0n) is 16.4. The van der Waals surface area contributed by atoms with Crippen LogP contribution in [0.15, 0.2) is 52.5 Å². The summed E-state index contributed by atoms with van der Waals surface area (Å²) in [6, 6.07) is 10.5. The van der Waals surface area contributed by atoms with E-state index in [1.807, 2.05) is 13.0 Å². The van der Waals surface area contributed by atoms with Crippen molar-refractivity contribution in [3.8, 4) is 0 Å². The standard InChI is InChI=1S/C23H19ClN2O3S/c1-13-2-4-15(5-3-13)30(28,29)26-19-7-6-16-17(18(19)12-25-26)11-23-9-8-14(10-23)22(27)21(24)20(16)23/h2-7,12,14H,8-11H2,1H3/t14-,23-/m0/s1. The maximum Gasteiger partial charge on any atom is 0.283 e. The van der Waals surface area contributed by atoms with Crippen molar-refractivity contribution in [1.29, 1.82) is 0 Å². The normalized spacial score (nSPS) is 25.1. The lowest BCUT2D eigenvalue weighted by Crippen LogP contribution is -2.25. The number of hydrogen-bond donors (Lipinski definition) is 0. The number of fused-ring (bicyclic) bond motifs is 5. The molecule has 7 heteroatoms. The van der Waals surface area contributed by atoms with Gasteiger partial charge in [0, 0.05) is 16.7 Å². The minimum absolute atomic E-state index is 0.0238. The number of carbonyl (C=O) groups excluding carboxylic acids is 1. The van der Waals surface area contributed by atoms with Gasteiger partial charge in [0.05, 0.1) is 21.6 Å². The molecule has 0 unspecified atom stereocenters. The minimum atomic E-state index is -3.80. The molecule has 152 valence electrons. The quantitative estimate of drug-likeness (QED) is 0.592. The van der Waals surface area contributed by atoms with E-state index in [1.54, 1.807) is 36.5 Å². The number of hydrogen-bond acceptors (Lipinski definition) is 4. The number of aryl methyl sites for hydroxylation is 1. The summed E-state index contributed by atoms with van der Waals surface area (Å²) in [6.45, 7) is 1.92. The van der Waals surface area contributed by atoms with Crippen LogP contribution in [0.2, 0.25) is 0 Å². The molecule has 1 heterocycles. The van der Waals surface area contributed by atoms with E-state index in [0.29, 0.717) is 10.5 Å². The Morgan fingerprint density at radius 2 is 1.93 bits per heavy atom. The van der Waals surface area contributed by atoms with E-state index in [4.69, 9.17) is 11.6 Å². The van der Waals surface area contributed by atoms with Crippen molar-refractivity contribution in [2.24, 2.45) is 11.3 Å². The summed E-state index contributed by atoms with van der Waals surface area (Å²) >= 11 is 6.56. The van der Waals surface area contributed by atoms with Crippen molar-refractivity contribution in [3.05, 3.63) is 64.3 Å². The summed E-state index contributed by atoms with van der Waals surface area (Å²) in [6.07, 6.45) is 5.07. The molecule has 1 saturated carbocycles. The van der Waals surface area contributed by atoms with Crippen LogP contribution in [0, 0.1) is 18.3 Å². The Balaban J connectivity index is 1.55. The number of allylic oxidation sites excluding steroid dienone is 2. The lowest BCUT2D eigenvalue weighted by molar-refractivity contribution is -0.118. The molecule has 5 nitrogen and oxygen atoms in total. The molecule has 3 aliphatic rings. The van der Waals surface area contributed by atoms with Gasteiger partial charge >= 0.3 is 0 Å². The summed E-state index contributed by atoms with van der Waals surface area (Å²) in [7, 11) is -3.80. The van der Waals surface area contributed by atoms with Crippen LogP contribution < -0.4 is 0 Å². The fraction of sp³-hybridized carbons (Fsp3) is 0.304. The summed E-state index contributed by atoms with van der Waals surface area (Å²) in [5, 5.41) is 5.46. The zero-order valence-corrected chi connectivity index (χ0v) is 17.9. The highest BCUT2D eigenvalue weighted by molar-refractivity contribution is 7.90. The molecule has 2 atom stereocenters. The highest BCUT2D eigenvalue weighted by Gasteiger charge is 2.54. The summed E-state index contributed by atoms with van der Waals surface area (Å²) in [5.74, 6) is 0.0843. The Hall–Kier alpha value is -2.44. The predicted octanol–water partition coefficient (Wildman–Crippen LogP) is 4.46. The molecule has 0 N–H and O–H groups in total. The lowest BCUT2D eigenvalue weighted by atomic mass is 9.74. The second kappa shape index (κ2) is 5.83. The van der Waals surface area contributed by atoms with Gasteiger partial charge in [-0.25, -0.2) is 0 Å². The molecule has 1 spiro atoms. The van der Waals surface area contributed by atoms with Crippen molar-refractivity contribution >= 4 is 43.9 Å². The van der Waals surface area contributed by atoms with E-state index in [-0.39, 0.29) is 22.0 Å². The van der Waals surface area contributed by atoms with E-state index in [1.165, 1.54) is 0 Å². The fourth-order valence-electron chi connectivity index (χ4n) is 5.67. The number of Topliss-reactive ketones (excluding diaryl/α,β-unsaturated/α-hetero) is 1. The molecule has 3 aliphatic carbocycles. The number of carbonyl (C=O) groups is 1. The minimum Gasteiger partial charge on any atom is -0.293 e. The van der Waals surface area contributed by atoms with Gasteiger partial charge < -0.3 is 0 Å². The largest absolute Gasteiger partial charge is 0.293 e. The van der Waals surface area contributed by atoms with E-state index in [0.717, 1.165) is 57.4 Å². The number of halogens is 1. The van der Waals surface area contributed by atoms with Crippen LogP contribution in [-0.2, 0) is 21.2 Å². The van der Waals surface area contributed by atoms with E-state index < -0.39 is 10.0 Å². The van der Waals surface area contributed by atoms with Gasteiger partial charge in [0.15, 0.2) is 5.78 Å². The maximum absolute atomic E-state index is 13.2. The third kappa shape index (κ3) is 2.21. The number of ketones is 1. The van der Waals surface area contributed by atoms with E-state index in [9.17, 15) is 13.2 Å². The highest BCUT2D eigenvalue weighted by Crippen LogP contribution is 2.63. The van der Waals surface area contributed by atoms with E-state index >= 15 is 0 Å². The van der Waals surface area contributed by atoms with Gasteiger partial charge in [-0.2, -0.15) is 17.6 Å². The van der Waals surface area contributed by atoms with Crippen LogP contribution in [0.5, 0.6) is 0 Å². The number of aromatic nitrogens is 2. The van der Waals surface area contributed by atoms with Crippen LogP contribution in [0.4, 0.5) is 0 Å². The fourth-order valence-corrected chi connectivity index (χ4v) is 7.39. The first-order valence-corrected chi connectivity index (χ1v) is 11.9. The Kier molecular flexibility index (Phi) is 3.56. The molecule has 6 rings (SSSR count). The molecule has 0 saturated heterocycles. The monoisotopic (exact) mass is 438 g/mol. The number of rotatable bonds is 2. The van der Waals surface area contributed by atoms with Crippen LogP contribution >= 0.6 is 11.6 Å². The third-order valence-electron chi connectivity index (χ3n) is 7.11. The van der Waals surface area contributed by atoms with Crippen molar-refractivity contribution in [3.63, 3.8) is 0 Å². The van der Waals surface area contributed by atoms with Gasteiger partial charge in [0.1, 0.15) is 0 Å². The lowest BCUT2D eigenvalue weighted by Gasteiger charge is -2.30. The highest BCUT2D eigenvalue weighted by atomic mass is 35.5. The van der Waals surface area contributed by atoms with Gasteiger partial charge in [-0.3, -0.25) is 4.79 Å². The average molecular weight is 439 g/mol. The maximum atomic E-state index is 13.2. The Labute approximate surface area is 179 Å². The van der Waals surface area contributed by atoms with Crippen LogP contribution in [-0.4, -0.2) is 23.4 Å². The topological polar surface area (TPSA) is 69.0 Å². The third-order valence-corrected chi connectivity index (χ3v) is 9.10. The second-order valence-electron chi connectivity index (χ2n) is 8.78. The number of benzene rings is 2. The molecule has 2 aromatic carbocycles. The second-order valence-corrected chi connectivity index (χ2v) is 10.9. The summed E-state index contributed by atoms with van der Waals surface area (Å²) in [5.41, 5.74) is 4.46. The first-order chi connectivity index (χ1) is 14.3. The van der Waals surface area contributed by atoms with Gasteiger partial charge in [-0.1, -0.05) is 35.4 Å². The molecule has 1 aromatic heterocycles. The first kappa shape index (κ1) is 18.3. The molecule has 2 bridgehead atoms. The SMILES string of the molecule is Cc1ccc(S(=O)(=O)n2ncc3c4c(ccc32)C2=C(Cl)C(=O)[C@H]3CC[C@@]2(C4)C3)cc1. The zero-order chi connectivity index (χ0) is 20.8. The van der Waals surface area contributed by atoms with Crippen molar-refractivity contribution in [1.82, 2.24) is 9.19 Å². The predicted molar refractivity (Wildman–Crippen MR) is 115 cm³/mol. The molecule has 0 aliphatic heterocycles. The first-order valence-electron chi connectivity index (χ1n) is 10.1. The molecular weight excluding hydrogens is 420 g/mol. The van der Waals surface area contributed by atoms with Gasteiger partial charge in [0.2, 0.25) is 0 Å². The summed E-state index contributed by atoms with van der Waals surface area (Å²) in [4.78, 5) is 12.8. The molecule has 3 aromatic rings. The number of nitrogens with zero attached hydrogens (tertiary/aromatic N) is 2. The Morgan fingerprint density at radius 1 is 1.17 bits per heavy atom. The summed E-state index contributed by atoms with van der Waals surface area (Å²) < 4.78 is 27.6. The molecular formula is C23H19ClN2O3S. The molecule has 0 radical (unpaired) electrons. The van der Waals surface area contributed by atoms with Gasteiger partial charge in [-0.15, -0.1) is 0 Å². The van der Waals surface area contributed by atoms with Crippen LogP contribution in [0.1, 0.15) is 36.0 Å². The molecule has 1 fully saturated rings. The van der Waals surface area contributed by atoms with Gasteiger partial charge in [0.25, 0.3) is 10.0 Å². The van der Waals surface area contributed by atoms with Crippen LogP contribution in [0.25, 0.3) is 16.5 Å². The molecule has 30 heavy (non-hydrogen) atoms. The average Bonchev–Trinajstić information content (AvgIpc) is 3.40. The Morgan fingerprint density at radius 3 is 2.70 bits per heavy atom. The van der Waals surface area contributed by atoms with E-state index in [2.05, 4.69) is 5.10 Å². The molecule has 0 amide bonds. The van der Waals surface area contributed by atoms with Crippen molar-refractivity contribution in [2.45, 2.75) is 37.5 Å². The smallest absolute Gasteiger partial charge is 0.283 e. The van der Waals surface area contributed by atoms with Crippen molar-refractivity contribution in [2.75, 3.05) is 0 Å². The van der Waals surface area contributed by atoms with Crippen molar-refractivity contribution < 1.29 is 13.2 Å².